The van der Waals surface area contributed by atoms with E-state index in [2.05, 4.69) is 20.9 Å². The van der Waals surface area contributed by atoms with Gasteiger partial charge in [-0.05, 0) is 29.8 Å². The largest absolute Gasteiger partial charge is 0.468 e. The van der Waals surface area contributed by atoms with Crippen molar-refractivity contribution in [2.24, 2.45) is 4.99 Å². The first-order chi connectivity index (χ1) is 13.9. The van der Waals surface area contributed by atoms with Gasteiger partial charge in [-0.1, -0.05) is 39.4 Å². The summed E-state index contributed by atoms with van der Waals surface area (Å²) >= 11 is 4.66. The average molecular weight is 476 g/mol. The Labute approximate surface area is 177 Å². The number of esters is 1. The molecule has 3 aromatic rings. The van der Waals surface area contributed by atoms with Crippen LogP contribution in [0.3, 0.4) is 0 Å². The van der Waals surface area contributed by atoms with Crippen molar-refractivity contribution in [3.63, 3.8) is 0 Å². The van der Waals surface area contributed by atoms with Crippen LogP contribution in [0, 0.1) is 10.1 Å². The molecule has 0 unspecified atom stereocenters. The third-order valence-electron chi connectivity index (χ3n) is 3.86. The number of thiazole rings is 1. The molecular formula is C19H14BrN3O5S. The molecule has 1 amide bonds. The molecule has 148 valence electrons. The lowest BCUT2D eigenvalue weighted by Gasteiger charge is -2.03. The molecule has 0 radical (unpaired) electrons. The Morgan fingerprint density at radius 1 is 1.31 bits per heavy atom. The highest BCUT2D eigenvalue weighted by Gasteiger charge is 2.11. The van der Waals surface area contributed by atoms with Crippen LogP contribution in [0.1, 0.15) is 5.56 Å². The number of hydrogen-bond acceptors (Lipinski definition) is 6. The number of methoxy groups -OCH3 is 1. The van der Waals surface area contributed by atoms with Crippen molar-refractivity contribution in [3.05, 3.63) is 73.5 Å². The van der Waals surface area contributed by atoms with Crippen molar-refractivity contribution in [1.82, 2.24) is 4.57 Å². The van der Waals surface area contributed by atoms with E-state index in [4.69, 9.17) is 4.74 Å². The number of hydrogen-bond donors (Lipinski definition) is 0. The number of aromatic nitrogens is 1. The summed E-state index contributed by atoms with van der Waals surface area (Å²) in [6.07, 6.45) is 2.68. The van der Waals surface area contributed by atoms with Crippen LogP contribution in [0.5, 0.6) is 0 Å². The van der Waals surface area contributed by atoms with Crippen molar-refractivity contribution in [2.45, 2.75) is 6.54 Å². The normalized spacial score (nSPS) is 11.9. The molecule has 0 atom stereocenters. The third kappa shape index (κ3) is 5.04. The van der Waals surface area contributed by atoms with Crippen LogP contribution in [-0.4, -0.2) is 28.5 Å². The van der Waals surface area contributed by atoms with Gasteiger partial charge in [0.05, 0.1) is 22.2 Å². The summed E-state index contributed by atoms with van der Waals surface area (Å²) in [5, 5.41) is 10.8. The third-order valence-corrected chi connectivity index (χ3v) is 5.40. The lowest BCUT2D eigenvalue weighted by atomic mass is 10.2. The quantitative estimate of drug-likeness (QED) is 0.242. The lowest BCUT2D eigenvalue weighted by molar-refractivity contribution is -0.384. The lowest BCUT2D eigenvalue weighted by Crippen LogP contribution is -2.22. The van der Waals surface area contributed by atoms with E-state index in [1.54, 1.807) is 10.6 Å². The van der Waals surface area contributed by atoms with E-state index in [9.17, 15) is 19.7 Å². The summed E-state index contributed by atoms with van der Waals surface area (Å²) in [4.78, 5) is 38.9. The van der Waals surface area contributed by atoms with Crippen molar-refractivity contribution < 1.29 is 19.2 Å². The maximum absolute atomic E-state index is 12.3. The number of nitrogens with zero attached hydrogens (tertiary/aromatic N) is 3. The van der Waals surface area contributed by atoms with E-state index in [1.165, 1.54) is 48.8 Å². The van der Waals surface area contributed by atoms with Crippen molar-refractivity contribution >= 4 is 61.1 Å². The van der Waals surface area contributed by atoms with Gasteiger partial charge in [-0.3, -0.25) is 19.7 Å². The van der Waals surface area contributed by atoms with Gasteiger partial charge >= 0.3 is 5.97 Å². The van der Waals surface area contributed by atoms with Crippen LogP contribution in [0.2, 0.25) is 0 Å². The standard InChI is InChI=1S/C19H14BrN3O5S/c1-28-18(25)11-22-15-7-6-13(20)10-16(15)29-19(22)21-17(24)8-5-12-3-2-4-14(9-12)23(26)27/h2-10H,11H2,1H3. The number of fused-ring (bicyclic) bond motifs is 1. The zero-order chi connectivity index (χ0) is 21.0. The summed E-state index contributed by atoms with van der Waals surface area (Å²) in [5.74, 6) is -1.02. The monoisotopic (exact) mass is 475 g/mol. The Balaban J connectivity index is 1.97. The Hall–Kier alpha value is -3.11. The van der Waals surface area contributed by atoms with Gasteiger partial charge < -0.3 is 9.30 Å². The van der Waals surface area contributed by atoms with Gasteiger partial charge in [-0.25, -0.2) is 0 Å². The fourth-order valence-corrected chi connectivity index (χ4v) is 4.11. The minimum Gasteiger partial charge on any atom is -0.468 e. The molecule has 1 aromatic heterocycles. The minimum absolute atomic E-state index is 0.0671. The van der Waals surface area contributed by atoms with Gasteiger partial charge in [-0.15, -0.1) is 0 Å². The number of nitro benzene ring substituents is 1. The van der Waals surface area contributed by atoms with Crippen LogP contribution in [0.4, 0.5) is 5.69 Å². The zero-order valence-corrected chi connectivity index (χ0v) is 17.5. The maximum Gasteiger partial charge on any atom is 0.325 e. The molecule has 0 saturated carbocycles. The highest BCUT2D eigenvalue weighted by molar-refractivity contribution is 9.10. The van der Waals surface area contributed by atoms with Crippen LogP contribution in [0.15, 0.2) is 58.0 Å². The van der Waals surface area contributed by atoms with E-state index < -0.39 is 16.8 Å². The van der Waals surface area contributed by atoms with Crippen molar-refractivity contribution in [3.8, 4) is 0 Å². The van der Waals surface area contributed by atoms with Gasteiger partial charge in [0.25, 0.3) is 11.6 Å². The molecule has 0 N–H and O–H groups in total. The summed E-state index contributed by atoms with van der Waals surface area (Å²) in [7, 11) is 1.29. The fourth-order valence-electron chi connectivity index (χ4n) is 2.52. The highest BCUT2D eigenvalue weighted by Crippen LogP contribution is 2.22. The first kappa shape index (κ1) is 20.6. The molecule has 2 aromatic carbocycles. The topological polar surface area (TPSA) is 104 Å². The van der Waals surface area contributed by atoms with Crippen LogP contribution in [-0.2, 0) is 20.9 Å². The number of non-ortho nitro benzene ring substituents is 1. The number of amides is 1. The van der Waals surface area contributed by atoms with Gasteiger partial charge in [-0.2, -0.15) is 4.99 Å². The summed E-state index contributed by atoms with van der Waals surface area (Å²) in [6, 6.07) is 11.4. The molecule has 0 aliphatic rings. The molecule has 29 heavy (non-hydrogen) atoms. The van der Waals surface area contributed by atoms with Crippen molar-refractivity contribution in [2.75, 3.05) is 7.11 Å². The molecule has 3 rings (SSSR count). The second-order valence-electron chi connectivity index (χ2n) is 5.79. The molecular weight excluding hydrogens is 462 g/mol. The van der Waals surface area contributed by atoms with E-state index >= 15 is 0 Å². The van der Waals surface area contributed by atoms with Gasteiger partial charge in [0.15, 0.2) is 4.80 Å². The summed E-state index contributed by atoms with van der Waals surface area (Å²) in [5.41, 5.74) is 1.19. The molecule has 0 saturated heterocycles. The van der Waals surface area contributed by atoms with Crippen LogP contribution < -0.4 is 4.80 Å². The number of nitro groups is 1. The average Bonchev–Trinajstić information content (AvgIpc) is 3.02. The number of carbonyl (C=O) groups excluding carboxylic acids is 2. The molecule has 0 spiro atoms. The summed E-state index contributed by atoms with van der Waals surface area (Å²) in [6.45, 7) is -0.0845. The van der Waals surface area contributed by atoms with E-state index in [0.29, 0.717) is 10.4 Å². The second kappa shape index (κ2) is 8.93. The van der Waals surface area contributed by atoms with Crippen molar-refractivity contribution in [1.29, 1.82) is 0 Å². The Bertz CT molecular complexity index is 1210. The van der Waals surface area contributed by atoms with E-state index in [0.717, 1.165) is 14.7 Å². The molecule has 10 heteroatoms. The highest BCUT2D eigenvalue weighted by atomic mass is 79.9. The van der Waals surface area contributed by atoms with Crippen LogP contribution in [0.25, 0.3) is 16.3 Å². The number of ether oxygens (including phenoxy) is 1. The summed E-state index contributed by atoms with van der Waals surface area (Å²) < 4.78 is 8.05. The first-order valence-corrected chi connectivity index (χ1v) is 9.85. The van der Waals surface area contributed by atoms with Gasteiger partial charge in [0.1, 0.15) is 6.54 Å². The van der Waals surface area contributed by atoms with E-state index in [-0.39, 0.29) is 12.2 Å². The molecule has 0 bridgehead atoms. The van der Waals surface area contributed by atoms with Gasteiger partial charge in [0, 0.05) is 22.7 Å². The predicted molar refractivity (Wildman–Crippen MR) is 112 cm³/mol. The molecule has 0 aliphatic heterocycles. The number of halogens is 1. The molecule has 0 aliphatic carbocycles. The fraction of sp³-hybridized carbons (Fsp3) is 0.105. The SMILES string of the molecule is COC(=O)Cn1c(=NC(=O)C=Cc2cccc([N+](=O)[O-])c2)sc2cc(Br)ccc21. The smallest absolute Gasteiger partial charge is 0.325 e. The Morgan fingerprint density at radius 3 is 2.83 bits per heavy atom. The maximum atomic E-state index is 12.3. The number of carbonyl (C=O) groups is 2. The van der Waals surface area contributed by atoms with E-state index in [1.807, 2.05) is 18.2 Å². The molecule has 8 nitrogen and oxygen atoms in total. The number of rotatable bonds is 5. The molecule has 0 fully saturated rings. The zero-order valence-electron chi connectivity index (χ0n) is 15.1. The van der Waals surface area contributed by atoms with Crippen LogP contribution >= 0.6 is 27.3 Å². The second-order valence-corrected chi connectivity index (χ2v) is 7.72. The predicted octanol–water partition coefficient (Wildman–Crippen LogP) is 3.69. The molecule has 1 heterocycles. The van der Waals surface area contributed by atoms with Gasteiger partial charge in [0.2, 0.25) is 0 Å². The number of benzene rings is 2. The minimum atomic E-state index is -0.555. The first-order valence-electron chi connectivity index (χ1n) is 8.24. The Kier molecular flexibility index (Phi) is 6.35. The Morgan fingerprint density at radius 2 is 2.10 bits per heavy atom.